The van der Waals surface area contributed by atoms with E-state index in [-0.39, 0.29) is 11.4 Å². The number of aryl methyl sites for hydroxylation is 1. The second-order valence-electron chi connectivity index (χ2n) is 4.99. The number of rotatable bonds is 1. The first-order valence-electron chi connectivity index (χ1n) is 5.79. The fourth-order valence-corrected chi connectivity index (χ4v) is 1.45. The molecular formula is C11H16N6O. The number of hydrogen-bond donors (Lipinski definition) is 0. The van der Waals surface area contributed by atoms with E-state index in [2.05, 4.69) is 20.2 Å². The number of carbonyl (C=O) groups excluding carboxylic acids is 1. The van der Waals surface area contributed by atoms with Crippen LogP contribution in [-0.2, 0) is 11.8 Å². The van der Waals surface area contributed by atoms with E-state index in [1.165, 1.54) is 17.3 Å². The summed E-state index contributed by atoms with van der Waals surface area (Å²) >= 11 is 0. The average Bonchev–Trinajstić information content (AvgIpc) is 2.96. The monoisotopic (exact) mass is 248 g/mol. The van der Waals surface area contributed by atoms with Crippen LogP contribution in [0.1, 0.15) is 39.3 Å². The Morgan fingerprint density at radius 3 is 2.61 bits per heavy atom. The van der Waals surface area contributed by atoms with E-state index in [4.69, 9.17) is 0 Å². The smallest absolute Gasteiger partial charge is 0.243 e. The summed E-state index contributed by atoms with van der Waals surface area (Å²) in [6.07, 6.45) is 3.29. The lowest BCUT2D eigenvalue weighted by molar-refractivity contribution is 0.237. The Balaban J connectivity index is 2.44. The Bertz CT molecular complexity index is 549. The largest absolute Gasteiger partial charge is 0.372 e. The van der Waals surface area contributed by atoms with Gasteiger partial charge in [0, 0.05) is 11.8 Å². The molecule has 0 aliphatic carbocycles. The van der Waals surface area contributed by atoms with Crippen molar-refractivity contribution in [2.75, 3.05) is 0 Å². The maximum Gasteiger partial charge on any atom is 0.372 e. The first kappa shape index (κ1) is 12.4. The summed E-state index contributed by atoms with van der Waals surface area (Å²) in [6.45, 7) is 7.95. The van der Waals surface area contributed by atoms with Crippen molar-refractivity contribution in [1.29, 1.82) is 0 Å². The Hall–Kier alpha value is -2.05. The van der Waals surface area contributed by atoms with Crippen LogP contribution in [0.5, 0.6) is 0 Å². The number of hydrogen-bond acceptors (Lipinski definition) is 5. The van der Waals surface area contributed by atoms with Gasteiger partial charge >= 0.3 is 6.03 Å². The first-order valence-corrected chi connectivity index (χ1v) is 5.79. The van der Waals surface area contributed by atoms with Crippen LogP contribution >= 0.6 is 0 Å². The van der Waals surface area contributed by atoms with Crippen molar-refractivity contribution >= 4 is 6.03 Å². The van der Waals surface area contributed by atoms with Gasteiger partial charge in [-0.15, -0.1) is 5.10 Å². The average molecular weight is 248 g/mol. The van der Waals surface area contributed by atoms with Gasteiger partial charge in [-0.3, -0.25) is 0 Å². The third-order valence-electron chi connectivity index (χ3n) is 2.46. The van der Waals surface area contributed by atoms with Crippen LogP contribution in [0.2, 0.25) is 0 Å². The third-order valence-corrected chi connectivity index (χ3v) is 2.46. The van der Waals surface area contributed by atoms with Crippen LogP contribution in [0, 0.1) is 0 Å². The standard InChI is InChI=1S/C11H16N6O/c1-5-8-14-9(11(2,3)4)15-17(8)10(18)16-7-12-6-13-16/h6-7H,5H2,1-4H3. The number of aromatic nitrogens is 6. The molecule has 7 nitrogen and oxygen atoms in total. The van der Waals surface area contributed by atoms with E-state index < -0.39 is 0 Å². The molecule has 0 amide bonds. The zero-order valence-electron chi connectivity index (χ0n) is 11.0. The fraction of sp³-hybridized carbons (Fsp3) is 0.545. The van der Waals surface area contributed by atoms with Crippen molar-refractivity contribution in [1.82, 2.24) is 29.5 Å². The van der Waals surface area contributed by atoms with Gasteiger partial charge in [0.1, 0.15) is 18.5 Å². The molecule has 0 fully saturated rings. The Labute approximate surface area is 105 Å². The number of carbonyl (C=O) groups is 1. The van der Waals surface area contributed by atoms with E-state index in [1.54, 1.807) is 0 Å². The summed E-state index contributed by atoms with van der Waals surface area (Å²) in [7, 11) is 0. The van der Waals surface area contributed by atoms with Crippen molar-refractivity contribution in [3.05, 3.63) is 24.3 Å². The summed E-state index contributed by atoms with van der Waals surface area (Å²) in [5.74, 6) is 1.27. The first-order chi connectivity index (χ1) is 8.43. The second kappa shape index (κ2) is 4.32. The molecule has 7 heteroatoms. The lowest BCUT2D eigenvalue weighted by Gasteiger charge is -2.12. The molecule has 2 aromatic heterocycles. The van der Waals surface area contributed by atoms with Crippen LogP contribution in [-0.4, -0.2) is 35.6 Å². The van der Waals surface area contributed by atoms with Crippen LogP contribution in [0.25, 0.3) is 0 Å². The minimum absolute atomic E-state index is 0.197. The minimum Gasteiger partial charge on any atom is -0.243 e. The lowest BCUT2D eigenvalue weighted by atomic mass is 9.96. The highest BCUT2D eigenvalue weighted by Gasteiger charge is 2.24. The molecule has 0 spiro atoms. The van der Waals surface area contributed by atoms with Crippen LogP contribution in [0.4, 0.5) is 4.79 Å². The Morgan fingerprint density at radius 1 is 1.39 bits per heavy atom. The second-order valence-corrected chi connectivity index (χ2v) is 4.99. The van der Waals surface area contributed by atoms with E-state index in [0.29, 0.717) is 18.1 Å². The molecule has 0 atom stereocenters. The molecule has 2 aromatic rings. The molecule has 0 bridgehead atoms. The molecule has 0 aliphatic heterocycles. The Kier molecular flexibility index (Phi) is 2.98. The summed E-state index contributed by atoms with van der Waals surface area (Å²) < 4.78 is 2.43. The molecule has 0 aromatic carbocycles. The molecule has 0 saturated carbocycles. The summed E-state index contributed by atoms with van der Waals surface area (Å²) in [6, 6.07) is -0.368. The van der Waals surface area contributed by atoms with Crippen molar-refractivity contribution in [2.45, 2.75) is 39.5 Å². The highest BCUT2D eigenvalue weighted by atomic mass is 16.2. The van der Waals surface area contributed by atoms with Crippen molar-refractivity contribution < 1.29 is 4.79 Å². The van der Waals surface area contributed by atoms with E-state index in [0.717, 1.165) is 4.68 Å². The topological polar surface area (TPSA) is 78.5 Å². The van der Waals surface area contributed by atoms with Crippen molar-refractivity contribution in [2.24, 2.45) is 0 Å². The predicted molar refractivity (Wildman–Crippen MR) is 64.3 cm³/mol. The Morgan fingerprint density at radius 2 is 2.11 bits per heavy atom. The molecule has 2 rings (SSSR count). The van der Waals surface area contributed by atoms with Gasteiger partial charge in [-0.2, -0.15) is 14.5 Å². The fourth-order valence-electron chi connectivity index (χ4n) is 1.45. The van der Waals surface area contributed by atoms with Crippen LogP contribution < -0.4 is 0 Å². The maximum atomic E-state index is 12.1. The van der Waals surface area contributed by atoms with Crippen molar-refractivity contribution in [3.8, 4) is 0 Å². The molecule has 18 heavy (non-hydrogen) atoms. The van der Waals surface area contributed by atoms with E-state index >= 15 is 0 Å². The highest BCUT2D eigenvalue weighted by molar-refractivity contribution is 5.77. The molecule has 96 valence electrons. The highest BCUT2D eigenvalue weighted by Crippen LogP contribution is 2.18. The minimum atomic E-state index is -0.368. The van der Waals surface area contributed by atoms with Crippen LogP contribution in [0.3, 0.4) is 0 Å². The van der Waals surface area contributed by atoms with E-state index in [9.17, 15) is 4.79 Å². The van der Waals surface area contributed by atoms with Gasteiger partial charge in [0.2, 0.25) is 0 Å². The van der Waals surface area contributed by atoms with Gasteiger partial charge in [0.25, 0.3) is 0 Å². The SMILES string of the molecule is CCc1nc(C(C)(C)C)nn1C(=O)n1cncn1. The maximum absolute atomic E-state index is 12.1. The summed E-state index contributed by atoms with van der Waals surface area (Å²) in [5.41, 5.74) is -0.197. The van der Waals surface area contributed by atoms with Crippen molar-refractivity contribution in [3.63, 3.8) is 0 Å². The zero-order valence-corrected chi connectivity index (χ0v) is 11.0. The van der Waals surface area contributed by atoms with Crippen LogP contribution in [0.15, 0.2) is 12.7 Å². The third kappa shape index (κ3) is 2.15. The molecule has 2 heterocycles. The molecule has 0 N–H and O–H groups in total. The molecule has 0 saturated heterocycles. The molecular weight excluding hydrogens is 232 g/mol. The predicted octanol–water partition coefficient (Wildman–Crippen LogP) is 1.25. The summed E-state index contributed by atoms with van der Waals surface area (Å²) in [4.78, 5) is 20.3. The van der Waals surface area contributed by atoms with Gasteiger partial charge in [0.15, 0.2) is 5.82 Å². The normalized spacial score (nSPS) is 11.8. The molecule has 0 radical (unpaired) electrons. The quantitative estimate of drug-likeness (QED) is 0.758. The van der Waals surface area contributed by atoms with Gasteiger partial charge in [0.05, 0.1) is 0 Å². The van der Waals surface area contributed by atoms with Gasteiger partial charge < -0.3 is 0 Å². The van der Waals surface area contributed by atoms with E-state index in [1.807, 2.05) is 27.7 Å². The lowest BCUT2D eigenvalue weighted by Crippen LogP contribution is -2.24. The summed E-state index contributed by atoms with van der Waals surface area (Å²) in [5, 5.41) is 8.08. The van der Waals surface area contributed by atoms with Gasteiger partial charge in [-0.25, -0.2) is 14.8 Å². The van der Waals surface area contributed by atoms with Gasteiger partial charge in [-0.05, 0) is 0 Å². The number of nitrogens with zero attached hydrogens (tertiary/aromatic N) is 6. The zero-order chi connectivity index (χ0) is 13.3. The molecule has 0 aliphatic rings. The van der Waals surface area contributed by atoms with Gasteiger partial charge in [-0.1, -0.05) is 27.7 Å². The molecule has 0 unspecified atom stereocenters.